The third-order valence-electron chi connectivity index (χ3n) is 3.77. The molecule has 1 aliphatic heterocycles. The summed E-state index contributed by atoms with van der Waals surface area (Å²) >= 11 is 0. The zero-order valence-corrected chi connectivity index (χ0v) is 11.4. The van der Waals surface area contributed by atoms with Crippen LogP contribution in [0.15, 0.2) is 54.6 Å². The van der Waals surface area contributed by atoms with Crippen LogP contribution in [0.4, 0.5) is 10.2 Å². The summed E-state index contributed by atoms with van der Waals surface area (Å²) in [5.41, 5.74) is 4.20. The van der Waals surface area contributed by atoms with Crippen LogP contribution in [0, 0.1) is 5.82 Å². The largest absolute Gasteiger partial charge is 0.369 e. The molecule has 0 bridgehead atoms. The summed E-state index contributed by atoms with van der Waals surface area (Å²) in [6.07, 6.45) is 0.959. The first-order valence-electron chi connectivity index (χ1n) is 7.00. The standard InChI is InChI=1S/C17H14FN3/c18-13-6-8-14(9-7-13)21-17-15(10-11-19-17)16(20-21)12-4-2-1-3-5-12/h1-9,19H,10-11H2. The van der Waals surface area contributed by atoms with Crippen LogP contribution in [-0.4, -0.2) is 16.3 Å². The third kappa shape index (κ3) is 2.00. The highest BCUT2D eigenvalue weighted by atomic mass is 19.1. The van der Waals surface area contributed by atoms with Crippen molar-refractivity contribution in [3.8, 4) is 16.9 Å². The average molecular weight is 279 g/mol. The molecule has 3 nitrogen and oxygen atoms in total. The Bertz CT molecular complexity index is 776. The van der Waals surface area contributed by atoms with E-state index in [1.165, 1.54) is 17.7 Å². The van der Waals surface area contributed by atoms with Gasteiger partial charge in [0.05, 0.1) is 11.4 Å². The van der Waals surface area contributed by atoms with E-state index in [0.29, 0.717) is 0 Å². The lowest BCUT2D eigenvalue weighted by Gasteiger charge is -2.06. The summed E-state index contributed by atoms with van der Waals surface area (Å²) in [4.78, 5) is 0. The van der Waals surface area contributed by atoms with Crippen LogP contribution in [0.1, 0.15) is 5.56 Å². The van der Waals surface area contributed by atoms with Crippen LogP contribution in [0.25, 0.3) is 16.9 Å². The highest BCUT2D eigenvalue weighted by molar-refractivity contribution is 5.72. The van der Waals surface area contributed by atoms with Gasteiger partial charge in [-0.15, -0.1) is 0 Å². The van der Waals surface area contributed by atoms with Crippen molar-refractivity contribution in [3.05, 3.63) is 66.0 Å². The van der Waals surface area contributed by atoms with Crippen LogP contribution in [0.2, 0.25) is 0 Å². The maximum absolute atomic E-state index is 13.1. The molecule has 0 atom stereocenters. The van der Waals surface area contributed by atoms with Gasteiger partial charge in [0.2, 0.25) is 0 Å². The Morgan fingerprint density at radius 3 is 2.52 bits per heavy atom. The normalized spacial score (nSPS) is 13.0. The lowest BCUT2D eigenvalue weighted by molar-refractivity contribution is 0.627. The number of nitrogens with one attached hydrogen (secondary N) is 1. The monoisotopic (exact) mass is 279 g/mol. The molecule has 0 amide bonds. The molecule has 0 spiro atoms. The molecule has 2 aromatic carbocycles. The summed E-state index contributed by atoms with van der Waals surface area (Å²) in [7, 11) is 0. The fourth-order valence-corrected chi connectivity index (χ4v) is 2.77. The molecule has 0 aliphatic carbocycles. The molecule has 0 saturated carbocycles. The molecule has 0 fully saturated rings. The van der Waals surface area contributed by atoms with Gasteiger partial charge in [-0.25, -0.2) is 9.07 Å². The number of hydrogen-bond donors (Lipinski definition) is 1. The predicted molar refractivity (Wildman–Crippen MR) is 81.2 cm³/mol. The van der Waals surface area contributed by atoms with E-state index < -0.39 is 0 Å². The van der Waals surface area contributed by atoms with E-state index in [-0.39, 0.29) is 5.82 Å². The molecule has 0 radical (unpaired) electrons. The predicted octanol–water partition coefficient (Wildman–Crippen LogP) is 3.65. The average Bonchev–Trinajstić information content (AvgIpc) is 3.11. The second-order valence-electron chi connectivity index (χ2n) is 5.11. The number of fused-ring (bicyclic) bond motifs is 1. The smallest absolute Gasteiger partial charge is 0.133 e. The second kappa shape index (κ2) is 4.74. The fraction of sp³-hybridized carbons (Fsp3) is 0.118. The van der Waals surface area contributed by atoms with Gasteiger partial charge in [0, 0.05) is 17.7 Å². The maximum Gasteiger partial charge on any atom is 0.133 e. The first kappa shape index (κ1) is 12.1. The number of aromatic nitrogens is 2. The van der Waals surface area contributed by atoms with Crippen molar-refractivity contribution in [2.24, 2.45) is 0 Å². The van der Waals surface area contributed by atoms with Crippen molar-refractivity contribution in [2.45, 2.75) is 6.42 Å². The van der Waals surface area contributed by atoms with E-state index in [9.17, 15) is 4.39 Å². The minimum Gasteiger partial charge on any atom is -0.369 e. The molecule has 0 unspecified atom stereocenters. The zero-order chi connectivity index (χ0) is 14.2. The summed E-state index contributed by atoms with van der Waals surface area (Å²) in [5, 5.41) is 8.11. The van der Waals surface area contributed by atoms with Crippen molar-refractivity contribution in [3.63, 3.8) is 0 Å². The van der Waals surface area contributed by atoms with Crippen molar-refractivity contribution in [2.75, 3.05) is 11.9 Å². The number of anilines is 1. The van der Waals surface area contributed by atoms with Gasteiger partial charge in [0.1, 0.15) is 11.6 Å². The fourth-order valence-electron chi connectivity index (χ4n) is 2.77. The highest BCUT2D eigenvalue weighted by Crippen LogP contribution is 2.34. The Hall–Kier alpha value is -2.62. The van der Waals surface area contributed by atoms with E-state index >= 15 is 0 Å². The Morgan fingerprint density at radius 1 is 1.00 bits per heavy atom. The number of halogens is 1. The van der Waals surface area contributed by atoms with Gasteiger partial charge in [-0.2, -0.15) is 5.10 Å². The summed E-state index contributed by atoms with van der Waals surface area (Å²) in [6, 6.07) is 16.6. The Kier molecular flexibility index (Phi) is 2.74. The van der Waals surface area contributed by atoms with Crippen LogP contribution in [0.3, 0.4) is 0 Å². The maximum atomic E-state index is 13.1. The molecule has 0 saturated heterocycles. The Balaban J connectivity index is 1.88. The van der Waals surface area contributed by atoms with E-state index in [4.69, 9.17) is 5.10 Å². The molecular formula is C17H14FN3. The second-order valence-corrected chi connectivity index (χ2v) is 5.11. The van der Waals surface area contributed by atoms with Gasteiger partial charge >= 0.3 is 0 Å². The van der Waals surface area contributed by atoms with Crippen molar-refractivity contribution < 1.29 is 4.39 Å². The van der Waals surface area contributed by atoms with E-state index in [1.54, 1.807) is 12.1 Å². The van der Waals surface area contributed by atoms with Crippen molar-refractivity contribution in [1.82, 2.24) is 9.78 Å². The molecule has 3 aromatic rings. The topological polar surface area (TPSA) is 29.9 Å². The van der Waals surface area contributed by atoms with Gasteiger partial charge in [-0.05, 0) is 30.7 Å². The molecule has 2 heterocycles. The number of rotatable bonds is 2. The Morgan fingerprint density at radius 2 is 1.76 bits per heavy atom. The molecule has 104 valence electrons. The zero-order valence-electron chi connectivity index (χ0n) is 11.4. The van der Waals surface area contributed by atoms with Gasteiger partial charge in [0.25, 0.3) is 0 Å². The third-order valence-corrected chi connectivity index (χ3v) is 3.77. The minimum absolute atomic E-state index is 0.237. The molecule has 1 N–H and O–H groups in total. The molecular weight excluding hydrogens is 265 g/mol. The quantitative estimate of drug-likeness (QED) is 0.776. The molecule has 21 heavy (non-hydrogen) atoms. The van der Waals surface area contributed by atoms with E-state index in [2.05, 4.69) is 17.4 Å². The first-order chi connectivity index (χ1) is 10.3. The van der Waals surface area contributed by atoms with E-state index in [0.717, 1.165) is 35.7 Å². The van der Waals surface area contributed by atoms with Crippen LogP contribution < -0.4 is 5.32 Å². The summed E-state index contributed by atoms with van der Waals surface area (Å²) < 4.78 is 15.0. The lowest BCUT2D eigenvalue weighted by Crippen LogP contribution is -2.04. The SMILES string of the molecule is Fc1ccc(-n2nc(-c3ccccc3)c3c2NCC3)cc1. The summed E-state index contributed by atoms with van der Waals surface area (Å²) in [6.45, 7) is 0.911. The van der Waals surface area contributed by atoms with Gasteiger partial charge in [0.15, 0.2) is 0 Å². The summed E-state index contributed by atoms with van der Waals surface area (Å²) in [5.74, 6) is 0.777. The molecule has 1 aromatic heterocycles. The van der Waals surface area contributed by atoms with Gasteiger partial charge < -0.3 is 5.32 Å². The number of benzene rings is 2. The molecule has 1 aliphatic rings. The van der Waals surface area contributed by atoms with Crippen LogP contribution in [-0.2, 0) is 6.42 Å². The Labute approximate surface area is 122 Å². The van der Waals surface area contributed by atoms with Gasteiger partial charge in [-0.3, -0.25) is 0 Å². The van der Waals surface area contributed by atoms with Crippen LogP contribution in [0.5, 0.6) is 0 Å². The molecule has 4 rings (SSSR count). The van der Waals surface area contributed by atoms with Crippen LogP contribution >= 0.6 is 0 Å². The van der Waals surface area contributed by atoms with Gasteiger partial charge in [-0.1, -0.05) is 30.3 Å². The lowest BCUT2D eigenvalue weighted by atomic mass is 10.1. The van der Waals surface area contributed by atoms with E-state index in [1.807, 2.05) is 22.9 Å². The first-order valence-corrected chi connectivity index (χ1v) is 7.00. The van der Waals surface area contributed by atoms with Crippen molar-refractivity contribution in [1.29, 1.82) is 0 Å². The van der Waals surface area contributed by atoms with Crippen molar-refractivity contribution >= 4 is 5.82 Å². The minimum atomic E-state index is -0.237. The highest BCUT2D eigenvalue weighted by Gasteiger charge is 2.23. The number of nitrogens with zero attached hydrogens (tertiary/aromatic N) is 2. The number of hydrogen-bond acceptors (Lipinski definition) is 2. The molecule has 4 heteroatoms.